The first kappa shape index (κ1) is 16.8. The van der Waals surface area contributed by atoms with E-state index in [-0.39, 0.29) is 16.5 Å². The molecule has 0 saturated heterocycles. The van der Waals surface area contributed by atoms with Crippen LogP contribution in [0.3, 0.4) is 0 Å². The number of rotatable bonds is 3. The van der Waals surface area contributed by atoms with Crippen LogP contribution >= 0.6 is 0 Å². The van der Waals surface area contributed by atoms with E-state index in [9.17, 15) is 27.9 Å². The number of aromatic nitrogens is 1. The number of carbonyl (C=O) groups is 2. The number of nitrogens with one attached hydrogen (secondary N) is 1. The third-order valence-electron chi connectivity index (χ3n) is 3.38. The predicted molar refractivity (Wildman–Crippen MR) is 71.6 cm³/mol. The fraction of sp³-hybridized carbons (Fsp3) is 0.286. The zero-order valence-electron chi connectivity index (χ0n) is 12.0. The third-order valence-corrected chi connectivity index (χ3v) is 3.38. The summed E-state index contributed by atoms with van der Waals surface area (Å²) in [5.41, 5.74) is -4.47. The second-order valence-corrected chi connectivity index (χ2v) is 4.65. The predicted octanol–water partition coefficient (Wildman–Crippen LogP) is 1.88. The minimum absolute atomic E-state index is 0.0322. The van der Waals surface area contributed by atoms with E-state index in [1.807, 2.05) is 0 Å². The maximum Gasteiger partial charge on any atom is 0.432 e. The molecule has 0 saturated carbocycles. The Morgan fingerprint density at radius 2 is 1.83 bits per heavy atom. The Kier molecular flexibility index (Phi) is 4.08. The van der Waals surface area contributed by atoms with Crippen molar-refractivity contribution in [2.75, 3.05) is 14.2 Å². The molecular weight excluding hydrogens is 319 g/mol. The molecule has 2 rings (SSSR count). The van der Waals surface area contributed by atoms with Gasteiger partial charge in [-0.3, -0.25) is 0 Å². The second-order valence-electron chi connectivity index (χ2n) is 4.65. The topological polar surface area (TPSA) is 88.6 Å². The largest absolute Gasteiger partial charge is 0.466 e. The molecule has 1 atom stereocenters. The molecule has 0 spiro atoms. The average molecular weight is 331 g/mol. The number of hydrogen-bond acceptors (Lipinski definition) is 5. The van der Waals surface area contributed by atoms with Gasteiger partial charge >= 0.3 is 18.1 Å². The van der Waals surface area contributed by atoms with Crippen molar-refractivity contribution in [3.8, 4) is 0 Å². The summed E-state index contributed by atoms with van der Waals surface area (Å²) in [6.07, 6.45) is -4.48. The number of fused-ring (bicyclic) bond motifs is 1. The molecule has 0 fully saturated rings. The van der Waals surface area contributed by atoms with Gasteiger partial charge in [0.2, 0.25) is 0 Å². The van der Waals surface area contributed by atoms with Crippen molar-refractivity contribution in [3.05, 3.63) is 35.5 Å². The Balaban J connectivity index is 2.74. The lowest BCUT2D eigenvalue weighted by molar-refractivity contribution is -0.266. The fourth-order valence-corrected chi connectivity index (χ4v) is 2.19. The molecule has 6 nitrogen and oxygen atoms in total. The van der Waals surface area contributed by atoms with E-state index < -0.39 is 29.3 Å². The highest BCUT2D eigenvalue weighted by Crippen LogP contribution is 2.42. The van der Waals surface area contributed by atoms with Gasteiger partial charge < -0.3 is 19.6 Å². The summed E-state index contributed by atoms with van der Waals surface area (Å²) in [6.45, 7) is 0. The van der Waals surface area contributed by atoms with Crippen molar-refractivity contribution >= 4 is 22.8 Å². The van der Waals surface area contributed by atoms with Gasteiger partial charge in [-0.15, -0.1) is 0 Å². The second kappa shape index (κ2) is 5.58. The van der Waals surface area contributed by atoms with Gasteiger partial charge in [-0.05, 0) is 18.2 Å². The van der Waals surface area contributed by atoms with Crippen LogP contribution in [0.15, 0.2) is 24.4 Å². The van der Waals surface area contributed by atoms with Crippen LogP contribution in [0.1, 0.15) is 15.9 Å². The van der Waals surface area contributed by atoms with Crippen LogP contribution in [0, 0.1) is 0 Å². The van der Waals surface area contributed by atoms with Crippen molar-refractivity contribution < 1.29 is 37.3 Å². The summed E-state index contributed by atoms with van der Waals surface area (Å²) in [5, 5.41) is 9.87. The lowest BCUT2D eigenvalue weighted by Crippen LogP contribution is -2.49. The van der Waals surface area contributed by atoms with Gasteiger partial charge in [0.15, 0.2) is 0 Å². The molecule has 1 heterocycles. The van der Waals surface area contributed by atoms with E-state index in [0.717, 1.165) is 26.5 Å². The highest BCUT2D eigenvalue weighted by atomic mass is 19.4. The molecule has 0 unspecified atom stereocenters. The molecule has 0 aliphatic carbocycles. The Hall–Kier alpha value is -2.55. The van der Waals surface area contributed by atoms with Crippen molar-refractivity contribution in [1.82, 2.24) is 4.98 Å². The van der Waals surface area contributed by atoms with Gasteiger partial charge in [0.25, 0.3) is 5.60 Å². The molecule has 0 radical (unpaired) electrons. The van der Waals surface area contributed by atoms with Crippen LogP contribution in [0.25, 0.3) is 10.9 Å². The maximum absolute atomic E-state index is 13.3. The van der Waals surface area contributed by atoms with Gasteiger partial charge in [0, 0.05) is 22.7 Å². The molecule has 1 aromatic heterocycles. The SMILES string of the molecule is COC(=O)c1ccc2[nH]cc([C@@](O)(C(=O)OC)C(F)(F)F)c2c1. The molecule has 0 aliphatic rings. The van der Waals surface area contributed by atoms with E-state index in [1.54, 1.807) is 0 Å². The average Bonchev–Trinajstić information content (AvgIpc) is 2.94. The van der Waals surface area contributed by atoms with Crippen LogP contribution in [0.5, 0.6) is 0 Å². The molecule has 2 N–H and O–H groups in total. The standard InChI is InChI=1S/C14H12F3NO5/c1-22-11(19)7-3-4-10-8(5-7)9(6-18-10)13(21,12(20)23-2)14(15,16)17/h3-6,18,21H,1-2H3/t13-/m1/s1. The number of esters is 2. The fourth-order valence-electron chi connectivity index (χ4n) is 2.19. The minimum atomic E-state index is -5.32. The Morgan fingerprint density at radius 3 is 2.35 bits per heavy atom. The van der Waals surface area contributed by atoms with Crippen LogP contribution in [0.2, 0.25) is 0 Å². The maximum atomic E-state index is 13.3. The lowest BCUT2D eigenvalue weighted by Gasteiger charge is -2.27. The van der Waals surface area contributed by atoms with Gasteiger partial charge in [0.1, 0.15) is 0 Å². The summed E-state index contributed by atoms with van der Waals surface area (Å²) < 4.78 is 48.5. The van der Waals surface area contributed by atoms with Gasteiger partial charge in [-0.25, -0.2) is 9.59 Å². The molecule has 23 heavy (non-hydrogen) atoms. The first-order chi connectivity index (χ1) is 10.7. The number of H-pyrrole nitrogens is 1. The molecule has 1 aromatic carbocycles. The van der Waals surface area contributed by atoms with Crippen LogP contribution in [-0.2, 0) is 19.9 Å². The smallest absolute Gasteiger partial charge is 0.432 e. The lowest BCUT2D eigenvalue weighted by atomic mass is 9.92. The molecule has 0 bridgehead atoms. The molecule has 124 valence electrons. The summed E-state index contributed by atoms with van der Waals surface area (Å²) in [5.74, 6) is -2.65. The van der Waals surface area contributed by atoms with E-state index >= 15 is 0 Å². The molecule has 0 aliphatic heterocycles. The van der Waals surface area contributed by atoms with Gasteiger partial charge in [-0.2, -0.15) is 13.2 Å². The number of benzene rings is 1. The van der Waals surface area contributed by atoms with Crippen molar-refractivity contribution in [2.45, 2.75) is 11.8 Å². The third kappa shape index (κ3) is 2.52. The monoisotopic (exact) mass is 331 g/mol. The number of aromatic amines is 1. The number of aliphatic hydroxyl groups is 1. The molecule has 0 amide bonds. The Bertz CT molecular complexity index is 767. The first-order valence-electron chi connectivity index (χ1n) is 6.24. The minimum Gasteiger partial charge on any atom is -0.466 e. The van der Waals surface area contributed by atoms with Crippen LogP contribution in [-0.4, -0.2) is 42.4 Å². The zero-order valence-corrected chi connectivity index (χ0v) is 12.0. The van der Waals surface area contributed by atoms with Crippen molar-refractivity contribution in [1.29, 1.82) is 0 Å². The number of hydrogen-bond donors (Lipinski definition) is 2. The van der Waals surface area contributed by atoms with E-state index in [2.05, 4.69) is 14.5 Å². The zero-order chi connectivity index (χ0) is 17.4. The van der Waals surface area contributed by atoms with E-state index in [1.165, 1.54) is 12.1 Å². The number of methoxy groups -OCH3 is 2. The summed E-state index contributed by atoms with van der Waals surface area (Å²) in [7, 11) is 1.85. The summed E-state index contributed by atoms with van der Waals surface area (Å²) in [4.78, 5) is 25.6. The van der Waals surface area contributed by atoms with E-state index in [4.69, 9.17) is 0 Å². The number of alkyl halides is 3. The Morgan fingerprint density at radius 1 is 1.17 bits per heavy atom. The molecular formula is C14H12F3NO5. The number of ether oxygens (including phenoxy) is 2. The summed E-state index contributed by atoms with van der Waals surface area (Å²) in [6, 6.07) is 3.76. The van der Waals surface area contributed by atoms with E-state index in [0.29, 0.717) is 0 Å². The van der Waals surface area contributed by atoms with Gasteiger partial charge in [0.05, 0.1) is 19.8 Å². The van der Waals surface area contributed by atoms with Crippen molar-refractivity contribution in [2.24, 2.45) is 0 Å². The number of carbonyl (C=O) groups excluding carboxylic acids is 2. The van der Waals surface area contributed by atoms with Crippen LogP contribution < -0.4 is 0 Å². The highest BCUT2D eigenvalue weighted by Gasteiger charge is 2.63. The molecule has 2 aromatic rings. The first-order valence-corrected chi connectivity index (χ1v) is 6.24. The normalized spacial score (nSPS) is 14.3. The van der Waals surface area contributed by atoms with Crippen molar-refractivity contribution in [3.63, 3.8) is 0 Å². The van der Waals surface area contributed by atoms with Crippen LogP contribution in [0.4, 0.5) is 13.2 Å². The highest BCUT2D eigenvalue weighted by molar-refractivity contribution is 5.98. The van der Waals surface area contributed by atoms with Gasteiger partial charge in [-0.1, -0.05) is 0 Å². The Labute approximate surface area is 127 Å². The molecule has 9 heteroatoms. The summed E-state index contributed by atoms with van der Waals surface area (Å²) >= 11 is 0. The number of halogens is 3. The quantitative estimate of drug-likeness (QED) is 0.839.